The minimum Gasteiger partial charge on any atom is -0.0885 e. The molecule has 0 aliphatic heterocycles. The zero-order valence-corrected chi connectivity index (χ0v) is 12.9. The molecule has 105 valence electrons. The molecule has 0 amide bonds. The SMILES string of the molecule is Cc1ccc(C2=CC[CH]C(Cl)=C2Cc2ccccc2)cc1. The van der Waals surface area contributed by atoms with Crippen molar-refractivity contribution >= 4 is 17.2 Å². The van der Waals surface area contributed by atoms with Gasteiger partial charge in [0.25, 0.3) is 0 Å². The van der Waals surface area contributed by atoms with Gasteiger partial charge in [-0.1, -0.05) is 77.8 Å². The lowest BCUT2D eigenvalue weighted by molar-refractivity contribution is 1.13. The van der Waals surface area contributed by atoms with Crippen LogP contribution in [0.5, 0.6) is 0 Å². The summed E-state index contributed by atoms with van der Waals surface area (Å²) in [5.74, 6) is 0. The average Bonchev–Trinajstić information content (AvgIpc) is 2.51. The molecule has 0 bridgehead atoms. The Labute approximate surface area is 131 Å². The van der Waals surface area contributed by atoms with Crippen molar-refractivity contribution < 1.29 is 0 Å². The van der Waals surface area contributed by atoms with Crippen LogP contribution in [0.2, 0.25) is 0 Å². The van der Waals surface area contributed by atoms with Crippen LogP contribution >= 0.6 is 11.6 Å². The monoisotopic (exact) mass is 293 g/mol. The highest BCUT2D eigenvalue weighted by atomic mass is 35.5. The molecule has 1 aliphatic rings. The Balaban J connectivity index is 1.95. The standard InChI is InChI=1S/C20H18Cl/c1-15-10-12-17(13-11-15)18-8-5-9-20(21)19(18)14-16-6-3-2-4-7-16/h2-4,6-13H,5,14H2,1H3. The lowest BCUT2D eigenvalue weighted by Crippen LogP contribution is -2.02. The first-order chi connectivity index (χ1) is 10.2. The number of halogens is 1. The molecule has 1 aliphatic carbocycles. The Morgan fingerprint density at radius 3 is 2.38 bits per heavy atom. The first-order valence-corrected chi connectivity index (χ1v) is 7.65. The van der Waals surface area contributed by atoms with Gasteiger partial charge in [-0.15, -0.1) is 0 Å². The Morgan fingerprint density at radius 2 is 1.67 bits per heavy atom. The molecule has 1 radical (unpaired) electrons. The Bertz CT molecular complexity index is 676. The minimum atomic E-state index is 0.871. The molecule has 0 spiro atoms. The average molecular weight is 294 g/mol. The maximum absolute atomic E-state index is 6.49. The fourth-order valence-corrected chi connectivity index (χ4v) is 2.92. The summed E-state index contributed by atoms with van der Waals surface area (Å²) in [5, 5.41) is 0.886. The number of benzene rings is 2. The van der Waals surface area contributed by atoms with Crippen molar-refractivity contribution in [2.24, 2.45) is 0 Å². The van der Waals surface area contributed by atoms with E-state index in [2.05, 4.69) is 68.0 Å². The molecular weight excluding hydrogens is 276 g/mol. The molecule has 0 atom stereocenters. The summed E-state index contributed by atoms with van der Waals surface area (Å²) in [6, 6.07) is 19.2. The molecular formula is C20H18Cl. The Morgan fingerprint density at radius 1 is 0.952 bits per heavy atom. The van der Waals surface area contributed by atoms with Crippen LogP contribution in [0.15, 0.2) is 71.3 Å². The maximum atomic E-state index is 6.49. The molecule has 2 aromatic carbocycles. The van der Waals surface area contributed by atoms with E-state index in [1.807, 2.05) is 6.07 Å². The van der Waals surface area contributed by atoms with Crippen molar-refractivity contribution in [2.75, 3.05) is 0 Å². The van der Waals surface area contributed by atoms with Gasteiger partial charge in [0.15, 0.2) is 0 Å². The van der Waals surface area contributed by atoms with E-state index in [1.165, 1.54) is 27.8 Å². The molecule has 0 saturated carbocycles. The third kappa shape index (κ3) is 3.28. The molecule has 0 N–H and O–H groups in total. The highest BCUT2D eigenvalue weighted by Gasteiger charge is 2.17. The van der Waals surface area contributed by atoms with E-state index in [0.717, 1.165) is 17.9 Å². The molecule has 3 rings (SSSR count). The van der Waals surface area contributed by atoms with Crippen LogP contribution in [0.4, 0.5) is 0 Å². The van der Waals surface area contributed by atoms with E-state index in [4.69, 9.17) is 11.6 Å². The van der Waals surface area contributed by atoms with E-state index in [1.54, 1.807) is 0 Å². The number of aryl methyl sites for hydroxylation is 1. The van der Waals surface area contributed by atoms with Crippen molar-refractivity contribution in [1.29, 1.82) is 0 Å². The van der Waals surface area contributed by atoms with Gasteiger partial charge < -0.3 is 0 Å². The van der Waals surface area contributed by atoms with E-state index < -0.39 is 0 Å². The second-order valence-corrected chi connectivity index (χ2v) is 5.82. The summed E-state index contributed by atoms with van der Waals surface area (Å²) < 4.78 is 0. The van der Waals surface area contributed by atoms with E-state index in [-0.39, 0.29) is 0 Å². The second kappa shape index (κ2) is 6.32. The number of hydrogen-bond donors (Lipinski definition) is 0. The number of hydrogen-bond acceptors (Lipinski definition) is 0. The molecule has 0 saturated heterocycles. The Kier molecular flexibility index (Phi) is 4.26. The largest absolute Gasteiger partial charge is 0.0885 e. The molecule has 0 heterocycles. The van der Waals surface area contributed by atoms with Gasteiger partial charge >= 0.3 is 0 Å². The zero-order valence-electron chi connectivity index (χ0n) is 12.1. The van der Waals surface area contributed by atoms with E-state index in [0.29, 0.717) is 0 Å². The van der Waals surface area contributed by atoms with Gasteiger partial charge in [0.2, 0.25) is 0 Å². The lowest BCUT2D eigenvalue weighted by Gasteiger charge is -2.19. The van der Waals surface area contributed by atoms with Crippen LogP contribution in [0, 0.1) is 13.3 Å². The molecule has 2 aromatic rings. The van der Waals surface area contributed by atoms with Crippen LogP contribution in [0.3, 0.4) is 0 Å². The van der Waals surface area contributed by atoms with Gasteiger partial charge in [-0.3, -0.25) is 0 Å². The number of rotatable bonds is 3. The van der Waals surface area contributed by atoms with Gasteiger partial charge in [-0.05, 0) is 42.0 Å². The summed E-state index contributed by atoms with van der Waals surface area (Å²) in [5.41, 5.74) is 6.31. The molecule has 21 heavy (non-hydrogen) atoms. The normalized spacial score (nSPS) is 15.0. The van der Waals surface area contributed by atoms with E-state index in [9.17, 15) is 0 Å². The second-order valence-electron chi connectivity index (χ2n) is 5.41. The van der Waals surface area contributed by atoms with Crippen molar-refractivity contribution in [3.05, 3.63) is 94.4 Å². The van der Waals surface area contributed by atoms with Crippen molar-refractivity contribution in [2.45, 2.75) is 19.8 Å². The zero-order chi connectivity index (χ0) is 14.7. The fourth-order valence-electron chi connectivity index (χ4n) is 2.66. The van der Waals surface area contributed by atoms with Crippen molar-refractivity contribution in [3.63, 3.8) is 0 Å². The summed E-state index contributed by atoms with van der Waals surface area (Å²) in [6.07, 6.45) is 6.14. The van der Waals surface area contributed by atoms with Gasteiger partial charge in [-0.2, -0.15) is 0 Å². The predicted octanol–water partition coefficient (Wildman–Crippen LogP) is 5.72. The highest BCUT2D eigenvalue weighted by molar-refractivity contribution is 6.32. The van der Waals surface area contributed by atoms with Crippen molar-refractivity contribution in [1.82, 2.24) is 0 Å². The first kappa shape index (κ1) is 14.2. The van der Waals surface area contributed by atoms with Gasteiger partial charge in [0.05, 0.1) is 0 Å². The van der Waals surface area contributed by atoms with Crippen LogP contribution < -0.4 is 0 Å². The molecule has 0 aromatic heterocycles. The van der Waals surface area contributed by atoms with Crippen molar-refractivity contribution in [3.8, 4) is 0 Å². The van der Waals surface area contributed by atoms with Gasteiger partial charge in [0, 0.05) is 11.5 Å². The third-order valence-electron chi connectivity index (χ3n) is 3.82. The fraction of sp³-hybridized carbons (Fsp3) is 0.150. The van der Waals surface area contributed by atoms with Crippen LogP contribution in [-0.4, -0.2) is 0 Å². The highest BCUT2D eigenvalue weighted by Crippen LogP contribution is 2.35. The molecule has 1 heteroatoms. The molecule has 0 fully saturated rings. The topological polar surface area (TPSA) is 0 Å². The summed E-state index contributed by atoms with van der Waals surface area (Å²) in [4.78, 5) is 0. The van der Waals surface area contributed by atoms with Crippen LogP contribution in [0.25, 0.3) is 5.57 Å². The van der Waals surface area contributed by atoms with Gasteiger partial charge in [-0.25, -0.2) is 0 Å². The molecule has 0 nitrogen and oxygen atoms in total. The third-order valence-corrected chi connectivity index (χ3v) is 4.20. The summed E-state index contributed by atoms with van der Waals surface area (Å²) >= 11 is 6.49. The molecule has 0 unspecified atom stereocenters. The van der Waals surface area contributed by atoms with E-state index >= 15 is 0 Å². The summed E-state index contributed by atoms with van der Waals surface area (Å²) in [7, 11) is 0. The Hall–Kier alpha value is -1.79. The predicted molar refractivity (Wildman–Crippen MR) is 91.1 cm³/mol. The maximum Gasteiger partial charge on any atom is 0.0262 e. The summed E-state index contributed by atoms with van der Waals surface area (Å²) in [6.45, 7) is 2.11. The first-order valence-electron chi connectivity index (χ1n) is 7.27. The quantitative estimate of drug-likeness (QED) is 0.679. The smallest absolute Gasteiger partial charge is 0.0262 e. The van der Waals surface area contributed by atoms with Gasteiger partial charge in [0.1, 0.15) is 0 Å². The van der Waals surface area contributed by atoms with Crippen LogP contribution in [-0.2, 0) is 6.42 Å². The van der Waals surface area contributed by atoms with Crippen LogP contribution in [0.1, 0.15) is 23.1 Å². The minimum absolute atomic E-state index is 0.871. The number of allylic oxidation sites excluding steroid dienone is 4. The lowest BCUT2D eigenvalue weighted by atomic mass is 9.87.